The number of hydrogen-bond acceptors (Lipinski definition) is 3. The summed E-state index contributed by atoms with van der Waals surface area (Å²) in [7, 11) is 0. The van der Waals surface area contributed by atoms with Crippen LogP contribution in [0.1, 0.15) is 39.5 Å². The number of fused-ring (bicyclic) bond motifs is 1. The Bertz CT molecular complexity index is 227. The lowest BCUT2D eigenvalue weighted by atomic mass is 9.97. The highest BCUT2D eigenvalue weighted by Crippen LogP contribution is 2.37. The zero-order valence-corrected chi connectivity index (χ0v) is 8.86. The summed E-state index contributed by atoms with van der Waals surface area (Å²) in [6.45, 7) is 3.93. The van der Waals surface area contributed by atoms with E-state index in [4.69, 9.17) is 9.47 Å². The minimum atomic E-state index is -0.0448. The van der Waals surface area contributed by atoms with Crippen molar-refractivity contribution in [3.05, 3.63) is 0 Å². The normalized spacial score (nSPS) is 37.1. The Morgan fingerprint density at radius 3 is 2.93 bits per heavy atom. The molecule has 0 aromatic heterocycles. The molecule has 3 nitrogen and oxygen atoms in total. The number of carbonyl (C=O) groups excluding carboxylic acids is 1. The molecule has 4 atom stereocenters. The van der Waals surface area contributed by atoms with Crippen molar-refractivity contribution in [1.29, 1.82) is 0 Å². The molecule has 0 N–H and O–H groups in total. The lowest BCUT2D eigenvalue weighted by molar-refractivity contribution is -0.154. The SMILES string of the molecule is CCC(C)C(=O)OC1CCC2OC2C1. The fourth-order valence-corrected chi connectivity index (χ4v) is 1.92. The quantitative estimate of drug-likeness (QED) is 0.513. The first kappa shape index (κ1) is 9.97. The van der Waals surface area contributed by atoms with Crippen molar-refractivity contribution in [2.24, 2.45) is 5.92 Å². The van der Waals surface area contributed by atoms with Crippen LogP contribution in [0.2, 0.25) is 0 Å². The Balaban J connectivity index is 1.76. The number of rotatable bonds is 3. The van der Waals surface area contributed by atoms with E-state index in [9.17, 15) is 4.79 Å². The third-order valence-electron chi connectivity index (χ3n) is 3.25. The van der Waals surface area contributed by atoms with Crippen LogP contribution in [0, 0.1) is 5.92 Å². The summed E-state index contributed by atoms with van der Waals surface area (Å²) in [4.78, 5) is 11.5. The van der Waals surface area contributed by atoms with Gasteiger partial charge in [0.15, 0.2) is 0 Å². The van der Waals surface area contributed by atoms with Crippen molar-refractivity contribution >= 4 is 5.97 Å². The van der Waals surface area contributed by atoms with Gasteiger partial charge < -0.3 is 9.47 Å². The van der Waals surface area contributed by atoms with Gasteiger partial charge in [-0.2, -0.15) is 0 Å². The number of esters is 1. The molecular weight excluding hydrogens is 180 g/mol. The fourth-order valence-electron chi connectivity index (χ4n) is 1.92. The van der Waals surface area contributed by atoms with E-state index in [1.807, 2.05) is 13.8 Å². The summed E-state index contributed by atoms with van der Waals surface area (Å²) in [5, 5.41) is 0. The van der Waals surface area contributed by atoms with E-state index in [2.05, 4.69) is 0 Å². The van der Waals surface area contributed by atoms with Gasteiger partial charge in [0.05, 0.1) is 18.1 Å². The summed E-state index contributed by atoms with van der Waals surface area (Å²) < 4.78 is 10.8. The molecule has 1 saturated carbocycles. The standard InChI is InChI=1S/C11H18O3/c1-3-7(2)11(12)13-8-4-5-9-10(6-8)14-9/h7-10H,3-6H2,1-2H3. The van der Waals surface area contributed by atoms with Gasteiger partial charge >= 0.3 is 5.97 Å². The van der Waals surface area contributed by atoms with Gasteiger partial charge in [0.2, 0.25) is 0 Å². The topological polar surface area (TPSA) is 38.8 Å². The second kappa shape index (κ2) is 3.89. The van der Waals surface area contributed by atoms with Crippen molar-refractivity contribution in [2.75, 3.05) is 0 Å². The smallest absolute Gasteiger partial charge is 0.308 e. The van der Waals surface area contributed by atoms with Crippen LogP contribution in [-0.4, -0.2) is 24.3 Å². The molecule has 0 aromatic rings. The van der Waals surface area contributed by atoms with Gasteiger partial charge in [-0.15, -0.1) is 0 Å². The first-order valence-electron chi connectivity index (χ1n) is 5.56. The molecule has 1 heterocycles. The summed E-state index contributed by atoms with van der Waals surface area (Å²) >= 11 is 0. The van der Waals surface area contributed by atoms with Crippen molar-refractivity contribution in [2.45, 2.75) is 57.8 Å². The average molecular weight is 198 g/mol. The largest absolute Gasteiger partial charge is 0.462 e. The monoisotopic (exact) mass is 198 g/mol. The lowest BCUT2D eigenvalue weighted by Crippen LogP contribution is -2.27. The first-order chi connectivity index (χ1) is 6.70. The van der Waals surface area contributed by atoms with Gasteiger partial charge in [-0.1, -0.05) is 13.8 Å². The van der Waals surface area contributed by atoms with Crippen molar-refractivity contribution in [1.82, 2.24) is 0 Å². The Morgan fingerprint density at radius 1 is 1.50 bits per heavy atom. The molecule has 1 saturated heterocycles. The fraction of sp³-hybridized carbons (Fsp3) is 0.909. The van der Waals surface area contributed by atoms with Crippen LogP contribution >= 0.6 is 0 Å². The molecule has 2 fully saturated rings. The molecule has 80 valence electrons. The van der Waals surface area contributed by atoms with Crippen molar-refractivity contribution in [3.8, 4) is 0 Å². The molecular formula is C11H18O3. The summed E-state index contributed by atoms with van der Waals surface area (Å²) in [6.07, 6.45) is 4.78. The molecule has 14 heavy (non-hydrogen) atoms. The predicted molar refractivity (Wildman–Crippen MR) is 51.8 cm³/mol. The van der Waals surface area contributed by atoms with Crippen LogP contribution in [0.5, 0.6) is 0 Å². The molecule has 0 spiro atoms. The van der Waals surface area contributed by atoms with Crippen LogP contribution in [0.15, 0.2) is 0 Å². The second-order valence-corrected chi connectivity index (χ2v) is 4.39. The summed E-state index contributed by atoms with van der Waals surface area (Å²) in [5.41, 5.74) is 0. The molecule has 2 rings (SSSR count). The molecule has 0 bridgehead atoms. The predicted octanol–water partition coefficient (Wildman–Crippen LogP) is 1.90. The van der Waals surface area contributed by atoms with Crippen LogP contribution in [-0.2, 0) is 14.3 Å². The number of epoxide rings is 1. The molecule has 2 aliphatic rings. The zero-order valence-electron chi connectivity index (χ0n) is 8.86. The van der Waals surface area contributed by atoms with E-state index in [1.165, 1.54) is 0 Å². The molecule has 4 unspecified atom stereocenters. The maximum Gasteiger partial charge on any atom is 0.308 e. The number of carbonyl (C=O) groups is 1. The second-order valence-electron chi connectivity index (χ2n) is 4.39. The van der Waals surface area contributed by atoms with Crippen molar-refractivity contribution < 1.29 is 14.3 Å². The molecule has 3 heteroatoms. The van der Waals surface area contributed by atoms with Gasteiger partial charge in [0.1, 0.15) is 6.10 Å². The van der Waals surface area contributed by atoms with E-state index in [1.54, 1.807) is 0 Å². The van der Waals surface area contributed by atoms with Gasteiger partial charge in [-0.3, -0.25) is 4.79 Å². The highest BCUT2D eigenvalue weighted by Gasteiger charge is 2.45. The summed E-state index contributed by atoms with van der Waals surface area (Å²) in [5.74, 6) is -0.00977. The average Bonchev–Trinajstić information content (AvgIpc) is 2.94. The molecule has 1 aliphatic carbocycles. The molecule has 0 aromatic carbocycles. The third-order valence-corrected chi connectivity index (χ3v) is 3.25. The molecule has 0 amide bonds. The number of hydrogen-bond donors (Lipinski definition) is 0. The van der Waals surface area contributed by atoms with E-state index in [0.29, 0.717) is 12.2 Å². The van der Waals surface area contributed by atoms with Crippen LogP contribution in [0.3, 0.4) is 0 Å². The van der Waals surface area contributed by atoms with Gasteiger partial charge in [-0.25, -0.2) is 0 Å². The van der Waals surface area contributed by atoms with Gasteiger partial charge in [0.25, 0.3) is 0 Å². The first-order valence-corrected chi connectivity index (χ1v) is 5.56. The zero-order chi connectivity index (χ0) is 10.1. The number of ether oxygens (including phenoxy) is 2. The van der Waals surface area contributed by atoms with Crippen LogP contribution in [0.25, 0.3) is 0 Å². The van der Waals surface area contributed by atoms with Crippen LogP contribution in [0.4, 0.5) is 0 Å². The van der Waals surface area contributed by atoms with Crippen LogP contribution < -0.4 is 0 Å². The van der Waals surface area contributed by atoms with E-state index >= 15 is 0 Å². The minimum absolute atomic E-state index is 0.0350. The Kier molecular flexibility index (Phi) is 2.77. The maximum atomic E-state index is 11.5. The van der Waals surface area contributed by atoms with E-state index < -0.39 is 0 Å². The minimum Gasteiger partial charge on any atom is -0.462 e. The Labute approximate surface area is 84.8 Å². The van der Waals surface area contributed by atoms with Gasteiger partial charge in [0, 0.05) is 6.42 Å². The summed E-state index contributed by atoms with van der Waals surface area (Å²) in [6, 6.07) is 0. The highest BCUT2D eigenvalue weighted by molar-refractivity contribution is 5.72. The lowest BCUT2D eigenvalue weighted by Gasteiger charge is -2.21. The Hall–Kier alpha value is -0.570. The van der Waals surface area contributed by atoms with Gasteiger partial charge in [-0.05, 0) is 19.3 Å². The third kappa shape index (κ3) is 2.08. The van der Waals surface area contributed by atoms with E-state index in [0.717, 1.165) is 25.7 Å². The van der Waals surface area contributed by atoms with E-state index in [-0.39, 0.29) is 18.0 Å². The highest BCUT2D eigenvalue weighted by atomic mass is 16.6. The molecule has 0 radical (unpaired) electrons. The Morgan fingerprint density at radius 2 is 2.29 bits per heavy atom. The van der Waals surface area contributed by atoms with Crippen molar-refractivity contribution in [3.63, 3.8) is 0 Å². The molecule has 1 aliphatic heterocycles. The maximum absolute atomic E-state index is 11.5.